The van der Waals surface area contributed by atoms with Gasteiger partial charge >= 0.3 is 0 Å². The zero-order chi connectivity index (χ0) is 25.2. The number of fused-ring (bicyclic) bond motifs is 1. The van der Waals surface area contributed by atoms with Gasteiger partial charge in [-0.15, -0.1) is 0 Å². The molecular weight excluding hydrogens is 471 g/mol. The topological polar surface area (TPSA) is 71.5 Å². The lowest BCUT2D eigenvalue weighted by Gasteiger charge is -2.28. The van der Waals surface area contributed by atoms with Crippen LogP contribution in [0.4, 0.5) is 24.5 Å². The van der Waals surface area contributed by atoms with E-state index in [4.69, 9.17) is 4.74 Å². The summed E-state index contributed by atoms with van der Waals surface area (Å²) in [5, 5.41) is 2.93. The lowest BCUT2D eigenvalue weighted by Crippen LogP contribution is -2.36. The minimum Gasteiger partial charge on any atom is -0.378 e. The summed E-state index contributed by atoms with van der Waals surface area (Å²) in [5.74, 6) is -4.03. The molecule has 5 rings (SSSR count). The highest BCUT2D eigenvalue weighted by molar-refractivity contribution is 6.12. The van der Waals surface area contributed by atoms with Crippen molar-refractivity contribution in [3.63, 3.8) is 0 Å². The molecule has 0 unspecified atom stereocenters. The number of nitrogens with zero attached hydrogens (tertiary/aromatic N) is 2. The molecule has 0 spiro atoms. The van der Waals surface area contributed by atoms with Crippen molar-refractivity contribution in [2.24, 2.45) is 0 Å². The maximum atomic E-state index is 15.3. The SMILES string of the molecule is O=C(Nc1cc(F)cc(C(=O)c2ccc3ncc(N4CCOCC4)cc3c2)c1F)c1ccc(F)cc1. The third-order valence-electron chi connectivity index (χ3n) is 5.94. The molecule has 0 bridgehead atoms. The number of amides is 1. The van der Waals surface area contributed by atoms with E-state index in [0.717, 1.165) is 30.0 Å². The Labute approximate surface area is 204 Å². The number of benzene rings is 3. The Kier molecular flexibility index (Phi) is 6.39. The van der Waals surface area contributed by atoms with Gasteiger partial charge in [0.2, 0.25) is 0 Å². The van der Waals surface area contributed by atoms with E-state index in [0.29, 0.717) is 37.2 Å². The first-order chi connectivity index (χ1) is 17.4. The van der Waals surface area contributed by atoms with Crippen LogP contribution in [0, 0.1) is 17.5 Å². The van der Waals surface area contributed by atoms with Crippen LogP contribution in [0.1, 0.15) is 26.3 Å². The molecule has 6 nitrogen and oxygen atoms in total. The van der Waals surface area contributed by atoms with Crippen molar-refractivity contribution in [3.8, 4) is 0 Å². The normalized spacial score (nSPS) is 13.6. The summed E-state index contributed by atoms with van der Waals surface area (Å²) in [5.41, 5.74) is 0.689. The molecule has 0 saturated carbocycles. The number of carbonyl (C=O) groups excluding carboxylic acids is 2. The molecule has 2 heterocycles. The van der Waals surface area contributed by atoms with Gasteiger partial charge in [-0.05, 0) is 54.6 Å². The fourth-order valence-corrected chi connectivity index (χ4v) is 4.05. The lowest BCUT2D eigenvalue weighted by molar-refractivity contribution is 0.101. The van der Waals surface area contributed by atoms with E-state index in [1.165, 1.54) is 18.2 Å². The molecule has 9 heteroatoms. The molecule has 182 valence electrons. The molecule has 1 aromatic heterocycles. The molecule has 36 heavy (non-hydrogen) atoms. The number of pyridine rings is 1. The summed E-state index contributed by atoms with van der Waals surface area (Å²) in [6, 6.07) is 12.7. The summed E-state index contributed by atoms with van der Waals surface area (Å²) in [7, 11) is 0. The molecule has 1 amide bonds. The van der Waals surface area contributed by atoms with E-state index in [1.807, 2.05) is 6.07 Å². The van der Waals surface area contributed by atoms with Crippen molar-refractivity contribution in [2.45, 2.75) is 0 Å². The number of aromatic nitrogens is 1. The minimum atomic E-state index is -1.07. The summed E-state index contributed by atoms with van der Waals surface area (Å²) < 4.78 is 48.1. The summed E-state index contributed by atoms with van der Waals surface area (Å²) in [6.07, 6.45) is 1.75. The Morgan fingerprint density at radius 3 is 2.33 bits per heavy atom. The minimum absolute atomic E-state index is 0.0473. The first-order valence-corrected chi connectivity index (χ1v) is 11.2. The molecule has 0 atom stereocenters. The average molecular weight is 491 g/mol. The first-order valence-electron chi connectivity index (χ1n) is 11.2. The third kappa shape index (κ3) is 4.78. The molecule has 1 saturated heterocycles. The fraction of sp³-hybridized carbons (Fsp3) is 0.148. The second-order valence-corrected chi connectivity index (χ2v) is 8.31. The molecule has 0 radical (unpaired) electrons. The van der Waals surface area contributed by atoms with Gasteiger partial charge in [-0.25, -0.2) is 13.2 Å². The quantitative estimate of drug-likeness (QED) is 0.399. The average Bonchev–Trinajstić information content (AvgIpc) is 2.90. The molecule has 1 aliphatic rings. The van der Waals surface area contributed by atoms with E-state index in [2.05, 4.69) is 15.2 Å². The van der Waals surface area contributed by atoms with Crippen molar-refractivity contribution in [1.82, 2.24) is 4.98 Å². The van der Waals surface area contributed by atoms with Crippen molar-refractivity contribution >= 4 is 34.0 Å². The van der Waals surface area contributed by atoms with Gasteiger partial charge in [0.1, 0.15) is 11.6 Å². The number of hydrogen-bond donors (Lipinski definition) is 1. The van der Waals surface area contributed by atoms with Gasteiger partial charge in [0.25, 0.3) is 5.91 Å². The van der Waals surface area contributed by atoms with Gasteiger partial charge < -0.3 is 15.0 Å². The highest BCUT2D eigenvalue weighted by Crippen LogP contribution is 2.26. The number of halogens is 3. The monoisotopic (exact) mass is 491 g/mol. The van der Waals surface area contributed by atoms with Crippen LogP contribution in [0.3, 0.4) is 0 Å². The first kappa shape index (κ1) is 23.5. The van der Waals surface area contributed by atoms with E-state index < -0.39 is 40.4 Å². The molecule has 1 fully saturated rings. The van der Waals surface area contributed by atoms with Gasteiger partial charge in [-0.2, -0.15) is 0 Å². The summed E-state index contributed by atoms with van der Waals surface area (Å²) in [4.78, 5) is 32.2. The number of hydrogen-bond acceptors (Lipinski definition) is 5. The zero-order valence-electron chi connectivity index (χ0n) is 18.9. The number of nitrogens with one attached hydrogen (secondary N) is 1. The molecular formula is C27H20F3N3O3. The van der Waals surface area contributed by atoms with Crippen molar-refractivity contribution < 1.29 is 27.5 Å². The number of ketones is 1. The Balaban J connectivity index is 1.45. The van der Waals surface area contributed by atoms with Crippen LogP contribution in [0.15, 0.2) is 66.9 Å². The third-order valence-corrected chi connectivity index (χ3v) is 5.94. The van der Waals surface area contributed by atoms with Gasteiger partial charge in [0.15, 0.2) is 11.6 Å². The number of morpholine rings is 1. The van der Waals surface area contributed by atoms with E-state index in [1.54, 1.807) is 18.3 Å². The molecule has 1 N–H and O–H groups in total. The maximum Gasteiger partial charge on any atom is 0.255 e. The van der Waals surface area contributed by atoms with Gasteiger partial charge in [-0.1, -0.05) is 0 Å². The standard InChI is InChI=1S/C27H20F3N3O3/c28-19-4-1-16(2-5-19)27(35)32-24-14-20(29)13-22(25(24)30)26(34)17-3-6-23-18(11-17)12-21(15-31-23)33-7-9-36-10-8-33/h1-6,11-15H,7-10H2,(H,32,35). The van der Waals surface area contributed by atoms with Gasteiger partial charge in [0, 0.05) is 35.7 Å². The van der Waals surface area contributed by atoms with Crippen LogP contribution in [0.5, 0.6) is 0 Å². The Bertz CT molecular complexity index is 1470. The van der Waals surface area contributed by atoms with Crippen LogP contribution in [-0.2, 0) is 4.74 Å². The highest BCUT2D eigenvalue weighted by atomic mass is 19.1. The Hall–Kier alpha value is -4.24. The van der Waals surface area contributed by atoms with Gasteiger partial charge in [0.05, 0.1) is 41.9 Å². The molecule has 3 aromatic carbocycles. The number of anilines is 2. The van der Waals surface area contributed by atoms with Gasteiger partial charge in [-0.3, -0.25) is 14.6 Å². The largest absolute Gasteiger partial charge is 0.378 e. The molecule has 0 aliphatic carbocycles. The van der Waals surface area contributed by atoms with Crippen LogP contribution in [0.2, 0.25) is 0 Å². The number of carbonyl (C=O) groups is 2. The maximum absolute atomic E-state index is 15.3. The van der Waals surface area contributed by atoms with Crippen LogP contribution in [-0.4, -0.2) is 43.0 Å². The zero-order valence-corrected chi connectivity index (χ0v) is 18.9. The number of rotatable bonds is 5. The van der Waals surface area contributed by atoms with Crippen molar-refractivity contribution in [2.75, 3.05) is 36.5 Å². The smallest absolute Gasteiger partial charge is 0.255 e. The highest BCUT2D eigenvalue weighted by Gasteiger charge is 2.21. The lowest BCUT2D eigenvalue weighted by atomic mass is 10.00. The second-order valence-electron chi connectivity index (χ2n) is 8.31. The fourth-order valence-electron chi connectivity index (χ4n) is 4.05. The van der Waals surface area contributed by atoms with Crippen LogP contribution in [0.25, 0.3) is 10.9 Å². The molecule has 4 aromatic rings. The van der Waals surface area contributed by atoms with Crippen LogP contribution < -0.4 is 10.2 Å². The van der Waals surface area contributed by atoms with Crippen molar-refractivity contribution in [1.29, 1.82) is 0 Å². The Morgan fingerprint density at radius 1 is 0.861 bits per heavy atom. The number of ether oxygens (including phenoxy) is 1. The second kappa shape index (κ2) is 9.79. The summed E-state index contributed by atoms with van der Waals surface area (Å²) in [6.45, 7) is 2.64. The van der Waals surface area contributed by atoms with E-state index in [9.17, 15) is 18.4 Å². The predicted octanol–water partition coefficient (Wildman–Crippen LogP) is 4.97. The van der Waals surface area contributed by atoms with E-state index >= 15 is 4.39 Å². The van der Waals surface area contributed by atoms with Crippen molar-refractivity contribution in [3.05, 3.63) is 101 Å². The molecule has 1 aliphatic heterocycles. The Morgan fingerprint density at radius 2 is 1.58 bits per heavy atom. The van der Waals surface area contributed by atoms with Crippen LogP contribution >= 0.6 is 0 Å². The predicted molar refractivity (Wildman–Crippen MR) is 129 cm³/mol. The summed E-state index contributed by atoms with van der Waals surface area (Å²) >= 11 is 0. The van der Waals surface area contributed by atoms with E-state index in [-0.39, 0.29) is 11.1 Å².